The molecule has 0 unspecified atom stereocenters. The van der Waals surface area contributed by atoms with Crippen molar-refractivity contribution in [1.82, 2.24) is 19.5 Å². The van der Waals surface area contributed by atoms with Gasteiger partial charge in [-0.3, -0.25) is 0 Å². The van der Waals surface area contributed by atoms with Gasteiger partial charge in [0.25, 0.3) is 0 Å². The highest BCUT2D eigenvalue weighted by molar-refractivity contribution is 6.11. The van der Waals surface area contributed by atoms with Crippen LogP contribution < -0.4 is 5.32 Å². The van der Waals surface area contributed by atoms with E-state index in [1.807, 2.05) is 44.2 Å². The van der Waals surface area contributed by atoms with Gasteiger partial charge in [-0.05, 0) is 24.6 Å². The van der Waals surface area contributed by atoms with Crippen LogP contribution in [0.15, 0.2) is 36.9 Å². The second-order valence-corrected chi connectivity index (χ2v) is 5.87. The first kappa shape index (κ1) is 14.4. The van der Waals surface area contributed by atoms with Crippen molar-refractivity contribution in [2.75, 3.05) is 12.4 Å². The summed E-state index contributed by atoms with van der Waals surface area (Å²) >= 11 is 0. The van der Waals surface area contributed by atoms with Crippen molar-refractivity contribution in [3.05, 3.63) is 42.5 Å². The Hall–Kier alpha value is -3.15. The molecule has 1 aromatic carbocycles. The van der Waals surface area contributed by atoms with Crippen molar-refractivity contribution in [3.8, 4) is 17.0 Å². The third kappa shape index (κ3) is 2.07. The van der Waals surface area contributed by atoms with Crippen LogP contribution in [-0.2, 0) is 7.05 Å². The second kappa shape index (κ2) is 5.19. The van der Waals surface area contributed by atoms with Gasteiger partial charge in [-0.15, -0.1) is 0 Å². The minimum Gasteiger partial charge on any atom is -0.493 e. The first-order valence-electron chi connectivity index (χ1n) is 7.66. The lowest BCUT2D eigenvalue weighted by Crippen LogP contribution is -1.94. The number of hydrogen-bond acceptors (Lipinski definition) is 5. The van der Waals surface area contributed by atoms with Gasteiger partial charge in [-0.2, -0.15) is 0 Å². The summed E-state index contributed by atoms with van der Waals surface area (Å²) in [5.74, 6) is 0.842. The molecule has 0 fully saturated rings. The van der Waals surface area contributed by atoms with Crippen molar-refractivity contribution in [1.29, 1.82) is 0 Å². The number of hydrogen-bond donors (Lipinski definition) is 2. The van der Waals surface area contributed by atoms with Gasteiger partial charge in [0.1, 0.15) is 5.82 Å². The molecule has 0 spiro atoms. The number of aromatic hydroxyl groups is 1. The Balaban J connectivity index is 2.12. The van der Waals surface area contributed by atoms with Crippen LogP contribution in [0.1, 0.15) is 5.56 Å². The summed E-state index contributed by atoms with van der Waals surface area (Å²) in [4.78, 5) is 13.0. The van der Waals surface area contributed by atoms with Crippen molar-refractivity contribution in [2.45, 2.75) is 6.92 Å². The number of imidazole rings is 1. The van der Waals surface area contributed by atoms with E-state index in [9.17, 15) is 5.11 Å². The second-order valence-electron chi connectivity index (χ2n) is 5.87. The number of fused-ring (bicyclic) bond motifs is 3. The van der Waals surface area contributed by atoms with Gasteiger partial charge in [0.2, 0.25) is 5.88 Å². The van der Waals surface area contributed by atoms with E-state index in [0.29, 0.717) is 0 Å². The number of anilines is 1. The molecule has 6 nitrogen and oxygen atoms in total. The van der Waals surface area contributed by atoms with Gasteiger partial charge in [0.05, 0.1) is 17.4 Å². The maximum Gasteiger partial charge on any atom is 0.210 e. The summed E-state index contributed by atoms with van der Waals surface area (Å²) in [6, 6.07) is 5.78. The molecule has 4 aromatic rings. The Morgan fingerprint density at radius 1 is 1.04 bits per heavy atom. The zero-order chi connectivity index (χ0) is 16.8. The van der Waals surface area contributed by atoms with E-state index in [4.69, 9.17) is 0 Å². The van der Waals surface area contributed by atoms with Crippen LogP contribution in [-0.4, -0.2) is 31.7 Å². The molecular weight excluding hydrogens is 302 g/mol. The third-order valence-electron chi connectivity index (χ3n) is 4.32. The Morgan fingerprint density at radius 3 is 2.62 bits per heavy atom. The van der Waals surface area contributed by atoms with Crippen LogP contribution in [0.3, 0.4) is 0 Å². The zero-order valence-electron chi connectivity index (χ0n) is 13.7. The topological polar surface area (TPSA) is 75.9 Å². The summed E-state index contributed by atoms with van der Waals surface area (Å²) in [5, 5.41) is 14.8. The summed E-state index contributed by atoms with van der Waals surface area (Å²) in [6.45, 7) is 1.96. The summed E-state index contributed by atoms with van der Waals surface area (Å²) in [5.41, 5.74) is 4.86. The highest BCUT2D eigenvalue weighted by Crippen LogP contribution is 2.36. The minimum atomic E-state index is 0.0228. The Labute approximate surface area is 138 Å². The monoisotopic (exact) mass is 319 g/mol. The molecule has 2 N–H and O–H groups in total. The van der Waals surface area contributed by atoms with Crippen LogP contribution in [0.4, 0.5) is 5.82 Å². The van der Waals surface area contributed by atoms with Crippen molar-refractivity contribution >= 4 is 27.6 Å². The lowest BCUT2D eigenvalue weighted by Gasteiger charge is -2.11. The van der Waals surface area contributed by atoms with Crippen LogP contribution in [0.25, 0.3) is 32.9 Å². The van der Waals surface area contributed by atoms with Gasteiger partial charge in [0.15, 0.2) is 0 Å². The molecule has 0 atom stereocenters. The summed E-state index contributed by atoms with van der Waals surface area (Å²) < 4.78 is 2.02. The molecule has 0 aliphatic rings. The first-order valence-corrected chi connectivity index (χ1v) is 7.66. The van der Waals surface area contributed by atoms with Gasteiger partial charge >= 0.3 is 0 Å². The van der Waals surface area contributed by atoms with Gasteiger partial charge in [-0.1, -0.05) is 0 Å². The van der Waals surface area contributed by atoms with Crippen molar-refractivity contribution in [3.63, 3.8) is 0 Å². The molecule has 24 heavy (non-hydrogen) atoms. The highest BCUT2D eigenvalue weighted by Gasteiger charge is 2.15. The average molecular weight is 319 g/mol. The SMILES string of the molecule is CNc1cc2c(cn1)cc(-c1cnc(O)cc1C)c1ncn(C)c12. The minimum absolute atomic E-state index is 0.0228. The predicted octanol–water partition coefficient (Wildman–Crippen LogP) is 3.24. The normalized spacial score (nSPS) is 11.3. The van der Waals surface area contributed by atoms with Gasteiger partial charge in [-0.25, -0.2) is 15.0 Å². The molecule has 3 aromatic heterocycles. The maximum atomic E-state index is 9.58. The lowest BCUT2D eigenvalue weighted by molar-refractivity contribution is 0.453. The zero-order valence-corrected chi connectivity index (χ0v) is 13.7. The molecule has 6 heteroatoms. The molecule has 4 rings (SSSR count). The fraction of sp³-hybridized carbons (Fsp3) is 0.167. The predicted molar refractivity (Wildman–Crippen MR) is 95.2 cm³/mol. The summed E-state index contributed by atoms with van der Waals surface area (Å²) in [7, 11) is 3.84. The van der Waals surface area contributed by atoms with Crippen LogP contribution in [0.2, 0.25) is 0 Å². The molecule has 0 radical (unpaired) electrons. The Morgan fingerprint density at radius 2 is 1.88 bits per heavy atom. The van der Waals surface area contributed by atoms with Gasteiger partial charge < -0.3 is 15.0 Å². The number of benzene rings is 1. The third-order valence-corrected chi connectivity index (χ3v) is 4.32. The van der Waals surface area contributed by atoms with Crippen molar-refractivity contribution < 1.29 is 5.11 Å². The fourth-order valence-electron chi connectivity index (χ4n) is 3.12. The number of rotatable bonds is 2. The largest absolute Gasteiger partial charge is 0.493 e. The lowest BCUT2D eigenvalue weighted by atomic mass is 9.98. The van der Waals surface area contributed by atoms with Crippen LogP contribution >= 0.6 is 0 Å². The Kier molecular flexibility index (Phi) is 3.13. The first-order chi connectivity index (χ1) is 11.6. The smallest absolute Gasteiger partial charge is 0.210 e. The van der Waals surface area contributed by atoms with E-state index in [1.54, 1.807) is 12.3 Å². The average Bonchev–Trinajstić information content (AvgIpc) is 2.96. The maximum absolute atomic E-state index is 9.58. The highest BCUT2D eigenvalue weighted by atomic mass is 16.3. The molecule has 0 aliphatic heterocycles. The number of pyridine rings is 2. The molecule has 0 saturated heterocycles. The van der Waals surface area contributed by atoms with E-state index in [-0.39, 0.29) is 5.88 Å². The number of aromatic nitrogens is 4. The number of nitrogens with zero attached hydrogens (tertiary/aromatic N) is 4. The molecule has 0 amide bonds. The molecule has 3 heterocycles. The molecule has 0 bridgehead atoms. The quantitative estimate of drug-likeness (QED) is 0.593. The standard InChI is InChI=1S/C18H17N5O/c1-10-4-16(24)21-8-14(10)13-5-11-7-20-15(19-2)6-12(11)18-17(13)22-9-23(18)3/h4-9H,1-3H3,(H,19,20)(H,21,24). The number of aryl methyl sites for hydroxylation is 2. The van der Waals surface area contributed by atoms with Crippen molar-refractivity contribution in [2.24, 2.45) is 7.05 Å². The van der Waals surface area contributed by atoms with E-state index >= 15 is 0 Å². The van der Waals surface area contributed by atoms with E-state index < -0.39 is 0 Å². The fourth-order valence-corrected chi connectivity index (χ4v) is 3.12. The molecule has 0 aliphatic carbocycles. The van der Waals surface area contributed by atoms with Crippen LogP contribution in [0, 0.1) is 6.92 Å². The summed E-state index contributed by atoms with van der Waals surface area (Å²) in [6.07, 6.45) is 5.37. The molecule has 0 saturated carbocycles. The van der Waals surface area contributed by atoms with E-state index in [2.05, 4.69) is 26.3 Å². The van der Waals surface area contributed by atoms with E-state index in [1.165, 1.54) is 0 Å². The van der Waals surface area contributed by atoms with E-state index in [0.717, 1.165) is 44.3 Å². The molecular formula is C18H17N5O. The number of nitrogens with one attached hydrogen (secondary N) is 1. The van der Waals surface area contributed by atoms with Crippen LogP contribution in [0.5, 0.6) is 5.88 Å². The molecule has 120 valence electrons. The Bertz CT molecular complexity index is 1080. The van der Waals surface area contributed by atoms with Gasteiger partial charge in [0, 0.05) is 54.5 Å².